The van der Waals surface area contributed by atoms with Crippen LogP contribution in [0.25, 0.3) is 152 Å². The molecule has 0 atom stereocenters. The Morgan fingerprint density at radius 1 is 0.250 bits per heavy atom. The molecule has 0 fully saturated rings. The number of hydrogen-bond donors (Lipinski definition) is 0. The molecule has 1 aliphatic rings. The highest BCUT2D eigenvalue weighted by molar-refractivity contribution is 6.47. The average Bonchev–Trinajstić information content (AvgIpc) is 3.96. The van der Waals surface area contributed by atoms with E-state index in [1.54, 1.807) is 0 Å². The Morgan fingerprint density at radius 3 is 1.04 bits per heavy atom. The molecule has 322 valence electrons. The summed E-state index contributed by atoms with van der Waals surface area (Å²) >= 11 is 0. The van der Waals surface area contributed by atoms with Gasteiger partial charge in [-0.15, -0.1) is 0 Å². The SMILES string of the molecule is Cc1ccccc1-c1c2cc3c(cc2c(-c2ccccc2C)c2c4ccc5c6ccc7c8c(ccc(c9ccc(c12)c4c95)c86)-c1ccccc1-7)c1cc(C(C)(C)C)cc2cc(C(C)(C)C)cc3c21. The lowest BCUT2D eigenvalue weighted by molar-refractivity contribution is 0.590. The Balaban J connectivity index is 1.19. The second kappa shape index (κ2) is 12.7. The monoisotopic (exact) mass is 866 g/mol. The Morgan fingerprint density at radius 2 is 0.618 bits per heavy atom. The Kier molecular flexibility index (Phi) is 7.20. The van der Waals surface area contributed by atoms with Gasteiger partial charge in [0, 0.05) is 0 Å². The molecule has 0 unspecified atom stereocenters. The smallest absolute Gasteiger partial charge is 0.000730 e. The molecule has 68 heavy (non-hydrogen) atoms. The maximum absolute atomic E-state index is 2.61. The van der Waals surface area contributed by atoms with Crippen LogP contribution in [0.2, 0.25) is 0 Å². The molecule has 0 bridgehead atoms. The van der Waals surface area contributed by atoms with Gasteiger partial charge in [-0.05, 0) is 223 Å². The van der Waals surface area contributed by atoms with Gasteiger partial charge in [-0.3, -0.25) is 0 Å². The van der Waals surface area contributed by atoms with E-state index in [2.05, 4.69) is 213 Å². The number of hydrogen-bond acceptors (Lipinski definition) is 0. The van der Waals surface area contributed by atoms with E-state index < -0.39 is 0 Å². The van der Waals surface area contributed by atoms with Crippen molar-refractivity contribution in [3.63, 3.8) is 0 Å². The molecule has 0 saturated heterocycles. The van der Waals surface area contributed by atoms with Gasteiger partial charge in [-0.25, -0.2) is 0 Å². The standard InChI is InChI=1S/C68H50/c1-35-15-9-11-17-40(35)59-56-33-52-53(55-32-39(68(6,7)8)30-37-29-38(67(3,4)5)31-54(52)58(37)55)34-57(56)60(41-18-12-10-16-36(41)2)66-51-28-26-49-47-24-22-45-43-20-14-13-19-42(43)44-21-23-46(62(47)61(44)45)48-25-27-50(65(59)66)64(51)63(48)49/h9-34H,1-8H3. The lowest BCUT2D eigenvalue weighted by atomic mass is 9.82. The van der Waals surface area contributed by atoms with E-state index in [9.17, 15) is 0 Å². The Hall–Kier alpha value is -7.54. The van der Waals surface area contributed by atoms with Gasteiger partial charge >= 0.3 is 0 Å². The summed E-state index contributed by atoms with van der Waals surface area (Å²) in [6.07, 6.45) is 0. The van der Waals surface area contributed by atoms with Crippen molar-refractivity contribution in [2.75, 3.05) is 0 Å². The van der Waals surface area contributed by atoms with Crippen molar-refractivity contribution >= 4 is 108 Å². The molecule has 14 aromatic rings. The molecule has 14 aromatic carbocycles. The van der Waals surface area contributed by atoms with Gasteiger partial charge in [0.05, 0.1) is 0 Å². The summed E-state index contributed by atoms with van der Waals surface area (Å²) in [7, 11) is 0. The fourth-order valence-corrected chi connectivity index (χ4v) is 13.3. The molecule has 0 spiro atoms. The fraction of sp³-hybridized carbons (Fsp3) is 0.147. The third-order valence-electron chi connectivity index (χ3n) is 16.6. The molecular weight excluding hydrogens is 817 g/mol. The van der Waals surface area contributed by atoms with E-state index in [-0.39, 0.29) is 10.8 Å². The van der Waals surface area contributed by atoms with Crippen LogP contribution in [-0.4, -0.2) is 0 Å². The predicted molar refractivity (Wildman–Crippen MR) is 297 cm³/mol. The minimum absolute atomic E-state index is 0.00409. The van der Waals surface area contributed by atoms with Gasteiger partial charge in [0.1, 0.15) is 0 Å². The number of rotatable bonds is 2. The van der Waals surface area contributed by atoms with Crippen molar-refractivity contribution in [1.82, 2.24) is 0 Å². The Labute approximate surface area is 396 Å². The third-order valence-corrected chi connectivity index (χ3v) is 16.6. The third kappa shape index (κ3) is 4.76. The summed E-state index contributed by atoms with van der Waals surface area (Å²) in [6, 6.07) is 62.0. The molecule has 0 aliphatic heterocycles. The quantitative estimate of drug-likeness (QED) is 0.120. The van der Waals surface area contributed by atoms with Gasteiger partial charge in [0.15, 0.2) is 0 Å². The summed E-state index contributed by atoms with van der Waals surface area (Å²) < 4.78 is 0. The zero-order chi connectivity index (χ0) is 45.9. The molecule has 0 aromatic heterocycles. The molecule has 0 radical (unpaired) electrons. The first-order valence-corrected chi connectivity index (χ1v) is 24.6. The lowest BCUT2D eigenvalue weighted by Gasteiger charge is -2.22. The van der Waals surface area contributed by atoms with E-state index in [4.69, 9.17) is 0 Å². The minimum Gasteiger partial charge on any atom is -0.0620 e. The van der Waals surface area contributed by atoms with Crippen molar-refractivity contribution in [3.8, 4) is 44.5 Å². The van der Waals surface area contributed by atoms with Gasteiger partial charge < -0.3 is 0 Å². The van der Waals surface area contributed by atoms with E-state index in [0.717, 1.165) is 0 Å². The number of aryl methyl sites for hydroxylation is 2. The molecule has 0 N–H and O–H groups in total. The zero-order valence-electron chi connectivity index (χ0n) is 40.0. The van der Waals surface area contributed by atoms with Gasteiger partial charge in [0.2, 0.25) is 0 Å². The molecule has 0 heterocycles. The molecule has 15 rings (SSSR count). The van der Waals surface area contributed by atoms with Crippen LogP contribution in [0, 0.1) is 13.8 Å². The summed E-state index contributed by atoms with van der Waals surface area (Å²) in [4.78, 5) is 0. The van der Waals surface area contributed by atoms with Crippen LogP contribution in [-0.2, 0) is 10.8 Å². The second-order valence-corrected chi connectivity index (χ2v) is 22.4. The fourth-order valence-electron chi connectivity index (χ4n) is 13.3. The van der Waals surface area contributed by atoms with Crippen LogP contribution >= 0.6 is 0 Å². The molecule has 1 aliphatic carbocycles. The van der Waals surface area contributed by atoms with Crippen molar-refractivity contribution in [2.24, 2.45) is 0 Å². The topological polar surface area (TPSA) is 0 Å². The van der Waals surface area contributed by atoms with Crippen LogP contribution in [0.5, 0.6) is 0 Å². The first-order chi connectivity index (χ1) is 32.8. The summed E-state index contributed by atoms with van der Waals surface area (Å²) in [6.45, 7) is 18.8. The van der Waals surface area contributed by atoms with E-state index >= 15 is 0 Å². The normalized spacial score (nSPS) is 13.3. The van der Waals surface area contributed by atoms with Crippen LogP contribution in [0.15, 0.2) is 158 Å². The summed E-state index contributed by atoms with van der Waals surface area (Å²) in [5.41, 5.74) is 16.0. The van der Waals surface area contributed by atoms with Crippen LogP contribution in [0.3, 0.4) is 0 Å². The maximum Gasteiger partial charge on any atom is -0.000730 e. The summed E-state index contributed by atoms with van der Waals surface area (Å²) in [5, 5.41) is 27.1. The molecule has 0 nitrogen and oxygen atoms in total. The van der Waals surface area contributed by atoms with E-state index in [1.165, 1.54) is 174 Å². The van der Waals surface area contributed by atoms with Gasteiger partial charge in [0.25, 0.3) is 0 Å². The van der Waals surface area contributed by atoms with E-state index in [0.29, 0.717) is 0 Å². The van der Waals surface area contributed by atoms with Crippen LogP contribution in [0.1, 0.15) is 63.8 Å². The van der Waals surface area contributed by atoms with Crippen LogP contribution in [0.4, 0.5) is 0 Å². The zero-order valence-corrected chi connectivity index (χ0v) is 40.0. The first kappa shape index (κ1) is 38.6. The minimum atomic E-state index is -0.00409. The lowest BCUT2D eigenvalue weighted by Crippen LogP contribution is -2.12. The molecular formula is C68H50. The van der Waals surface area contributed by atoms with Crippen molar-refractivity contribution in [2.45, 2.75) is 66.2 Å². The second-order valence-electron chi connectivity index (χ2n) is 22.4. The molecule has 0 amide bonds. The first-order valence-electron chi connectivity index (χ1n) is 24.6. The number of fused-ring (bicyclic) bond motifs is 12. The average molecular weight is 867 g/mol. The maximum atomic E-state index is 2.61. The predicted octanol–water partition coefficient (Wildman–Crippen LogP) is 19.7. The summed E-state index contributed by atoms with van der Waals surface area (Å²) in [5.74, 6) is 0. The highest BCUT2D eigenvalue weighted by Gasteiger charge is 2.30. The molecule has 0 heteroatoms. The van der Waals surface area contributed by atoms with Crippen LogP contribution < -0.4 is 0 Å². The highest BCUT2D eigenvalue weighted by atomic mass is 14.3. The van der Waals surface area contributed by atoms with Crippen molar-refractivity contribution in [1.29, 1.82) is 0 Å². The largest absolute Gasteiger partial charge is 0.0620 e. The van der Waals surface area contributed by atoms with Crippen molar-refractivity contribution in [3.05, 3.63) is 180 Å². The number of benzene rings is 12. The highest BCUT2D eigenvalue weighted by Crippen LogP contribution is 2.58. The van der Waals surface area contributed by atoms with Gasteiger partial charge in [-0.2, -0.15) is 0 Å². The Bertz CT molecular complexity index is 4280. The molecule has 0 saturated carbocycles. The van der Waals surface area contributed by atoms with Gasteiger partial charge in [-0.1, -0.05) is 175 Å². The van der Waals surface area contributed by atoms with Crippen molar-refractivity contribution < 1.29 is 0 Å². The van der Waals surface area contributed by atoms with E-state index in [1.807, 2.05) is 0 Å².